The number of hydrogen-bond acceptors (Lipinski definition) is 5. The monoisotopic (exact) mass is 475 g/mol. The summed E-state index contributed by atoms with van der Waals surface area (Å²) in [4.78, 5) is 16.2. The van der Waals surface area contributed by atoms with Crippen LogP contribution in [0.25, 0.3) is 0 Å². The number of sulfonamides is 1. The second-order valence-corrected chi connectivity index (χ2v) is 8.44. The van der Waals surface area contributed by atoms with Gasteiger partial charge in [-0.05, 0) is 61.5 Å². The molecule has 0 saturated carbocycles. The van der Waals surface area contributed by atoms with Gasteiger partial charge in [0.25, 0.3) is 15.9 Å². The molecule has 0 spiro atoms. The van der Waals surface area contributed by atoms with Crippen molar-refractivity contribution in [1.82, 2.24) is 4.98 Å². The minimum absolute atomic E-state index is 0.0289. The minimum atomic E-state index is -3.87. The largest absolute Gasteiger partial charge is 0.492 e. The van der Waals surface area contributed by atoms with Crippen molar-refractivity contribution in [1.29, 1.82) is 0 Å². The van der Waals surface area contributed by atoms with Crippen molar-refractivity contribution in [3.63, 3.8) is 0 Å². The molecule has 0 fully saturated rings. The Morgan fingerprint density at radius 3 is 2.45 bits per heavy atom. The van der Waals surface area contributed by atoms with Crippen molar-refractivity contribution in [3.05, 3.63) is 77.0 Å². The Morgan fingerprint density at radius 2 is 1.79 bits per heavy atom. The molecule has 0 unspecified atom stereocenters. The number of pyridine rings is 1. The molecule has 2 N–H and O–H groups in total. The fourth-order valence-electron chi connectivity index (χ4n) is 2.49. The average molecular weight is 476 g/mol. The Balaban J connectivity index is 1.75. The van der Waals surface area contributed by atoms with Crippen LogP contribution >= 0.6 is 15.9 Å². The first-order valence-corrected chi connectivity index (χ1v) is 10.9. The highest BCUT2D eigenvalue weighted by molar-refractivity contribution is 9.10. The van der Waals surface area contributed by atoms with Gasteiger partial charge >= 0.3 is 0 Å². The first-order chi connectivity index (χ1) is 13.9. The Kier molecular flexibility index (Phi) is 6.50. The van der Waals surface area contributed by atoms with Crippen molar-refractivity contribution in [3.8, 4) is 5.75 Å². The van der Waals surface area contributed by atoms with E-state index in [-0.39, 0.29) is 22.2 Å². The zero-order valence-corrected chi connectivity index (χ0v) is 17.8. The molecule has 3 rings (SSSR count). The van der Waals surface area contributed by atoms with E-state index in [0.29, 0.717) is 22.5 Å². The lowest BCUT2D eigenvalue weighted by Crippen LogP contribution is -2.15. The highest BCUT2D eigenvalue weighted by Crippen LogP contribution is 2.29. The molecule has 2 aromatic carbocycles. The molecule has 0 atom stereocenters. The van der Waals surface area contributed by atoms with Crippen molar-refractivity contribution in [2.75, 3.05) is 16.6 Å². The van der Waals surface area contributed by atoms with Gasteiger partial charge in [0, 0.05) is 22.0 Å². The van der Waals surface area contributed by atoms with E-state index < -0.39 is 10.0 Å². The summed E-state index contributed by atoms with van der Waals surface area (Å²) in [5.41, 5.74) is 1.15. The van der Waals surface area contributed by atoms with Gasteiger partial charge in [-0.25, -0.2) is 8.42 Å². The molecule has 0 aliphatic rings. The lowest BCUT2D eigenvalue weighted by atomic mass is 10.2. The molecule has 9 heteroatoms. The molecule has 0 aliphatic carbocycles. The van der Waals surface area contributed by atoms with Crippen LogP contribution in [-0.4, -0.2) is 25.9 Å². The number of carbonyl (C=O) groups is 1. The highest BCUT2D eigenvalue weighted by Gasteiger charge is 2.20. The number of halogens is 1. The number of benzene rings is 2. The summed E-state index contributed by atoms with van der Waals surface area (Å²) >= 11 is 3.28. The van der Waals surface area contributed by atoms with Gasteiger partial charge in [-0.3, -0.25) is 14.5 Å². The molecule has 7 nitrogen and oxygen atoms in total. The predicted octanol–water partition coefficient (Wildman–Crippen LogP) is 4.30. The van der Waals surface area contributed by atoms with Crippen molar-refractivity contribution < 1.29 is 17.9 Å². The zero-order chi connectivity index (χ0) is 20.9. The van der Waals surface area contributed by atoms with Gasteiger partial charge in [0.05, 0.1) is 6.61 Å². The summed E-state index contributed by atoms with van der Waals surface area (Å²) in [6.45, 7) is 2.12. The van der Waals surface area contributed by atoms with Crippen molar-refractivity contribution in [2.45, 2.75) is 11.8 Å². The van der Waals surface area contributed by atoms with E-state index in [9.17, 15) is 13.2 Å². The third-order valence-corrected chi connectivity index (χ3v) is 5.68. The van der Waals surface area contributed by atoms with Crippen LogP contribution in [0.4, 0.5) is 11.4 Å². The predicted molar refractivity (Wildman–Crippen MR) is 115 cm³/mol. The van der Waals surface area contributed by atoms with Crippen LogP contribution in [0.5, 0.6) is 5.75 Å². The van der Waals surface area contributed by atoms with E-state index in [1.165, 1.54) is 12.3 Å². The fraction of sp³-hybridized carbons (Fsp3) is 0.100. The lowest BCUT2D eigenvalue weighted by Gasteiger charge is -2.13. The number of anilines is 2. The topological polar surface area (TPSA) is 97.4 Å². The van der Waals surface area contributed by atoms with Crippen LogP contribution < -0.4 is 14.8 Å². The second-order valence-electron chi connectivity index (χ2n) is 5.88. The van der Waals surface area contributed by atoms with Crippen LogP contribution in [0.2, 0.25) is 0 Å². The lowest BCUT2D eigenvalue weighted by molar-refractivity contribution is 0.102. The molecular weight excluding hydrogens is 458 g/mol. The SMILES string of the molecule is CCOc1ccc(Br)cc1S(=O)(=O)Nc1ccc(NC(=O)c2ccccn2)cc1. The van der Waals surface area contributed by atoms with E-state index >= 15 is 0 Å². The summed E-state index contributed by atoms with van der Waals surface area (Å²) in [5, 5.41) is 2.71. The molecule has 150 valence electrons. The van der Waals surface area contributed by atoms with Crippen LogP contribution in [0.15, 0.2) is 76.2 Å². The Labute approximate surface area is 177 Å². The number of rotatable bonds is 7. The maximum Gasteiger partial charge on any atom is 0.274 e. The van der Waals surface area contributed by atoms with E-state index in [1.54, 1.807) is 61.5 Å². The van der Waals surface area contributed by atoms with E-state index in [4.69, 9.17) is 4.74 Å². The number of amides is 1. The van der Waals surface area contributed by atoms with Crippen LogP contribution in [-0.2, 0) is 10.0 Å². The number of hydrogen-bond donors (Lipinski definition) is 2. The van der Waals surface area contributed by atoms with Crippen LogP contribution in [0.3, 0.4) is 0 Å². The number of nitrogens with zero attached hydrogens (tertiary/aromatic N) is 1. The second kappa shape index (κ2) is 9.06. The van der Waals surface area contributed by atoms with Gasteiger partial charge in [-0.1, -0.05) is 22.0 Å². The van der Waals surface area contributed by atoms with Gasteiger partial charge in [-0.15, -0.1) is 0 Å². The normalized spacial score (nSPS) is 11.0. The Hall–Kier alpha value is -2.91. The summed E-state index contributed by atoms with van der Waals surface area (Å²) in [7, 11) is -3.87. The quantitative estimate of drug-likeness (QED) is 0.530. The molecule has 0 aliphatic heterocycles. The third kappa shape index (κ3) is 5.33. The first kappa shape index (κ1) is 20.8. The molecule has 3 aromatic rings. The maximum absolute atomic E-state index is 12.8. The summed E-state index contributed by atoms with van der Waals surface area (Å²) < 4.78 is 34.2. The molecule has 1 amide bonds. The number of aromatic nitrogens is 1. The molecule has 29 heavy (non-hydrogen) atoms. The first-order valence-electron chi connectivity index (χ1n) is 8.66. The van der Waals surface area contributed by atoms with Gasteiger partial charge in [0.15, 0.2) is 0 Å². The van der Waals surface area contributed by atoms with Crippen molar-refractivity contribution in [2.24, 2.45) is 0 Å². The maximum atomic E-state index is 12.8. The number of ether oxygens (including phenoxy) is 1. The van der Waals surface area contributed by atoms with Gasteiger partial charge < -0.3 is 10.1 Å². The van der Waals surface area contributed by atoms with Gasteiger partial charge in [0.1, 0.15) is 16.3 Å². The molecule has 0 radical (unpaired) electrons. The minimum Gasteiger partial charge on any atom is -0.492 e. The molecular formula is C20H18BrN3O4S. The fourth-order valence-corrected chi connectivity index (χ4v) is 4.23. The Bertz CT molecular complexity index is 1100. The summed E-state index contributed by atoms with van der Waals surface area (Å²) in [6.07, 6.45) is 1.53. The van der Waals surface area contributed by atoms with E-state index in [0.717, 1.165) is 0 Å². The zero-order valence-electron chi connectivity index (χ0n) is 15.4. The molecule has 0 bridgehead atoms. The highest BCUT2D eigenvalue weighted by atomic mass is 79.9. The number of nitrogens with one attached hydrogen (secondary N) is 2. The van der Waals surface area contributed by atoms with Crippen molar-refractivity contribution >= 4 is 43.2 Å². The summed E-state index contributed by atoms with van der Waals surface area (Å²) in [6, 6.07) is 16.2. The summed E-state index contributed by atoms with van der Waals surface area (Å²) in [5.74, 6) is -0.0862. The molecule has 1 heterocycles. The molecule has 1 aromatic heterocycles. The van der Waals surface area contributed by atoms with Gasteiger partial charge in [-0.2, -0.15) is 0 Å². The smallest absolute Gasteiger partial charge is 0.274 e. The van der Waals surface area contributed by atoms with E-state index in [2.05, 4.69) is 31.0 Å². The Morgan fingerprint density at radius 1 is 1.07 bits per heavy atom. The third-order valence-electron chi connectivity index (χ3n) is 3.79. The average Bonchev–Trinajstić information content (AvgIpc) is 2.71. The van der Waals surface area contributed by atoms with E-state index in [1.807, 2.05) is 0 Å². The van der Waals surface area contributed by atoms with Gasteiger partial charge in [0.2, 0.25) is 0 Å². The standard InChI is InChI=1S/C20H18BrN3O4S/c1-2-28-18-11-6-14(21)13-19(18)29(26,27)24-16-9-7-15(8-10-16)23-20(25)17-5-3-4-12-22-17/h3-13,24H,2H2,1H3,(H,23,25). The van der Waals surface area contributed by atoms with Crippen LogP contribution in [0, 0.1) is 0 Å². The number of carbonyl (C=O) groups excluding carboxylic acids is 1. The van der Waals surface area contributed by atoms with Crippen LogP contribution in [0.1, 0.15) is 17.4 Å². The molecule has 0 saturated heterocycles.